The van der Waals surface area contributed by atoms with Gasteiger partial charge >= 0.3 is 0 Å². The predicted molar refractivity (Wildman–Crippen MR) is 208 cm³/mol. The van der Waals surface area contributed by atoms with E-state index in [2.05, 4.69) is 107 Å². The van der Waals surface area contributed by atoms with Crippen molar-refractivity contribution in [1.29, 1.82) is 0 Å². The largest absolute Gasteiger partial charge is 0.512 e. The molecule has 5 aromatic rings. The third-order valence-corrected chi connectivity index (χ3v) is 10.3. The summed E-state index contributed by atoms with van der Waals surface area (Å²) in [4.78, 5) is 16.5. The molecule has 3 aromatic carbocycles. The Morgan fingerprint density at radius 2 is 1.53 bits per heavy atom. The number of hydrogen-bond donors (Lipinski definition) is 1. The second-order valence-corrected chi connectivity index (χ2v) is 15.3. The van der Waals surface area contributed by atoms with Crippen molar-refractivity contribution in [2.24, 2.45) is 17.8 Å². The molecule has 5 rings (SSSR count). The molecule has 49 heavy (non-hydrogen) atoms. The molecule has 0 saturated heterocycles. The molecule has 0 atom stereocenters. The number of aliphatic hydroxyl groups excluding tert-OH is 1. The SMILES string of the molecule is CC(C)Cc1csc2cc(-c3ccnc(-c4[c-]c5ccccc5c(C(C)(C)C)c4)c3)ccc12.CCC(CC)C(=O)/C=C(\O)C(CC)CC.[Ir]. The number of aromatic nitrogens is 1. The molecule has 0 aliphatic heterocycles. The van der Waals surface area contributed by atoms with Crippen LogP contribution in [0.5, 0.6) is 0 Å². The maximum Gasteiger partial charge on any atom is 0.162 e. The molecule has 1 radical (unpaired) electrons. The number of rotatable bonds is 11. The van der Waals surface area contributed by atoms with Crippen LogP contribution in [0.15, 0.2) is 84.1 Å². The van der Waals surface area contributed by atoms with E-state index in [0.29, 0.717) is 5.92 Å². The number of ketones is 1. The zero-order valence-electron chi connectivity index (χ0n) is 30.8. The molecule has 1 N–H and O–H groups in total. The van der Waals surface area contributed by atoms with Gasteiger partial charge in [-0.1, -0.05) is 110 Å². The van der Waals surface area contributed by atoms with E-state index in [9.17, 15) is 9.90 Å². The maximum atomic E-state index is 11.7. The molecule has 0 aliphatic rings. The summed E-state index contributed by atoms with van der Waals surface area (Å²) in [7, 11) is 0. The third kappa shape index (κ3) is 10.2. The summed E-state index contributed by atoms with van der Waals surface area (Å²) < 4.78 is 1.36. The van der Waals surface area contributed by atoms with Crippen molar-refractivity contribution in [3.8, 4) is 22.4 Å². The fourth-order valence-electron chi connectivity index (χ4n) is 6.39. The minimum atomic E-state index is 0. The molecule has 2 aromatic heterocycles. The summed E-state index contributed by atoms with van der Waals surface area (Å²) in [5.41, 5.74) is 7.29. The van der Waals surface area contributed by atoms with Gasteiger partial charge in [-0.05, 0) is 83.0 Å². The van der Waals surface area contributed by atoms with E-state index in [0.717, 1.165) is 48.7 Å². The van der Waals surface area contributed by atoms with E-state index in [1.807, 2.05) is 45.2 Å². The average molecular weight is 853 g/mol. The number of pyridine rings is 1. The molecule has 5 heteroatoms. The summed E-state index contributed by atoms with van der Waals surface area (Å²) in [6.45, 7) is 19.4. The number of carbonyl (C=O) groups excluding carboxylic acids is 1. The Morgan fingerprint density at radius 1 is 0.878 bits per heavy atom. The van der Waals surface area contributed by atoms with Crippen molar-refractivity contribution in [2.75, 3.05) is 0 Å². The first kappa shape index (κ1) is 40.3. The second kappa shape index (κ2) is 18.2. The third-order valence-electron chi connectivity index (χ3n) is 9.32. The number of nitrogens with zero attached hydrogens (tertiary/aromatic N) is 1. The van der Waals surface area contributed by atoms with Crippen molar-refractivity contribution in [3.05, 3.63) is 101 Å². The minimum Gasteiger partial charge on any atom is -0.512 e. The molecule has 0 aliphatic carbocycles. The van der Waals surface area contributed by atoms with Crippen molar-refractivity contribution >= 4 is 38.0 Å². The molecular weight excluding hydrogens is 799 g/mol. The van der Waals surface area contributed by atoms with Gasteiger partial charge in [0.15, 0.2) is 5.78 Å². The van der Waals surface area contributed by atoms with Gasteiger partial charge in [0.2, 0.25) is 0 Å². The standard InChI is InChI=1S/C31H30NS.C13H24O2.Ir/c1-20(2)14-25-19-33-30-18-21(10-11-27(25)30)22-12-13-32-29(17-22)24-15-23-8-6-7-9-26(23)28(16-24)31(3,4)5;1-5-10(6-2)12(14)9-13(15)11(7-3)8-4;/h6-13,16-20H,14H2,1-5H3;9-11,14H,5-8H2,1-4H3;/q-1;;/b;12-9-;. The number of hydrogen-bond acceptors (Lipinski definition) is 4. The Labute approximate surface area is 312 Å². The quantitative estimate of drug-likeness (QED) is 0.0818. The average Bonchev–Trinajstić information content (AvgIpc) is 3.46. The molecule has 0 spiro atoms. The first-order valence-electron chi connectivity index (χ1n) is 17.8. The Morgan fingerprint density at radius 3 is 2.16 bits per heavy atom. The molecule has 3 nitrogen and oxygen atoms in total. The van der Waals surface area contributed by atoms with Crippen LogP contribution >= 0.6 is 11.3 Å². The van der Waals surface area contributed by atoms with Gasteiger partial charge in [0.05, 0.1) is 5.76 Å². The van der Waals surface area contributed by atoms with Gasteiger partial charge in [-0.25, -0.2) is 0 Å². The summed E-state index contributed by atoms with van der Waals surface area (Å²) >= 11 is 1.85. The molecule has 0 bridgehead atoms. The topological polar surface area (TPSA) is 50.2 Å². The first-order valence-corrected chi connectivity index (χ1v) is 18.6. The predicted octanol–water partition coefficient (Wildman–Crippen LogP) is 12.9. The number of allylic oxidation sites excluding steroid dienone is 2. The van der Waals surface area contributed by atoms with Crippen LogP contribution in [0.4, 0.5) is 0 Å². The van der Waals surface area contributed by atoms with Crippen LogP contribution in [0, 0.1) is 23.8 Å². The van der Waals surface area contributed by atoms with Crippen LogP contribution in [0.25, 0.3) is 43.2 Å². The van der Waals surface area contributed by atoms with E-state index in [1.54, 1.807) is 0 Å². The van der Waals surface area contributed by atoms with E-state index >= 15 is 0 Å². The van der Waals surface area contributed by atoms with Gasteiger partial charge in [0.1, 0.15) is 0 Å². The Kier molecular flexibility index (Phi) is 15.0. The molecule has 2 heterocycles. The molecule has 263 valence electrons. The summed E-state index contributed by atoms with van der Waals surface area (Å²) in [6, 6.07) is 25.6. The number of benzene rings is 3. The van der Waals surface area contributed by atoms with Crippen LogP contribution in [-0.2, 0) is 36.7 Å². The zero-order valence-corrected chi connectivity index (χ0v) is 34.0. The van der Waals surface area contributed by atoms with Gasteiger partial charge in [-0.15, -0.1) is 40.5 Å². The molecule has 0 saturated carbocycles. The number of thiophene rings is 1. The van der Waals surface area contributed by atoms with Crippen molar-refractivity contribution in [3.63, 3.8) is 0 Å². The Bertz CT molecular complexity index is 1850. The zero-order chi connectivity index (χ0) is 35.0. The van der Waals surface area contributed by atoms with Crippen LogP contribution in [0.1, 0.15) is 99.1 Å². The van der Waals surface area contributed by atoms with Crippen molar-refractivity contribution in [2.45, 2.75) is 99.8 Å². The van der Waals surface area contributed by atoms with Crippen LogP contribution < -0.4 is 0 Å². The van der Waals surface area contributed by atoms with E-state index in [1.165, 1.54) is 43.8 Å². The molecule has 0 unspecified atom stereocenters. The number of fused-ring (bicyclic) bond motifs is 2. The molecule has 0 amide bonds. The number of carbonyl (C=O) groups is 1. The maximum absolute atomic E-state index is 11.7. The van der Waals surface area contributed by atoms with Gasteiger partial charge in [-0.2, -0.15) is 0 Å². The van der Waals surface area contributed by atoms with Crippen molar-refractivity contribution < 1.29 is 30.0 Å². The molecule has 0 fully saturated rings. The minimum absolute atomic E-state index is 0. The fraction of sp³-hybridized carbons (Fsp3) is 0.409. The van der Waals surface area contributed by atoms with Gasteiger partial charge in [-0.3, -0.25) is 9.78 Å². The second-order valence-electron chi connectivity index (χ2n) is 14.4. The van der Waals surface area contributed by atoms with Gasteiger partial charge in [0.25, 0.3) is 0 Å². The number of aliphatic hydroxyl groups is 1. The van der Waals surface area contributed by atoms with Gasteiger partial charge < -0.3 is 5.11 Å². The Balaban J connectivity index is 0.000000347. The Hall–Kier alpha value is -3.11. The van der Waals surface area contributed by atoms with Crippen LogP contribution in [-0.4, -0.2) is 15.9 Å². The molecular formula is C44H54IrNO2S-. The fourth-order valence-corrected chi connectivity index (χ4v) is 7.40. The van der Waals surface area contributed by atoms with E-state index in [-0.39, 0.29) is 48.9 Å². The summed E-state index contributed by atoms with van der Waals surface area (Å²) in [5, 5.41) is 15.9. The van der Waals surface area contributed by atoms with Gasteiger partial charge in [0, 0.05) is 54.6 Å². The summed E-state index contributed by atoms with van der Waals surface area (Å²) in [5.74, 6) is 1.22. The smallest absolute Gasteiger partial charge is 0.162 e. The van der Waals surface area contributed by atoms with E-state index < -0.39 is 0 Å². The van der Waals surface area contributed by atoms with Crippen molar-refractivity contribution in [1.82, 2.24) is 4.98 Å². The normalized spacial score (nSPS) is 12.0. The van der Waals surface area contributed by atoms with E-state index in [4.69, 9.17) is 4.98 Å². The monoisotopic (exact) mass is 853 g/mol. The summed E-state index contributed by atoms with van der Waals surface area (Å²) in [6.07, 6.45) is 7.96. The van der Waals surface area contributed by atoms with Crippen LogP contribution in [0.2, 0.25) is 0 Å². The first-order chi connectivity index (χ1) is 22.9. The van der Waals surface area contributed by atoms with Crippen LogP contribution in [0.3, 0.4) is 0 Å².